The molecule has 0 saturated heterocycles. The van der Waals surface area contributed by atoms with Crippen LogP contribution in [0.25, 0.3) is 0 Å². The summed E-state index contributed by atoms with van der Waals surface area (Å²) >= 11 is 0. The standard InChI is InChI=1S/C10H16N2O/c1-3-5-8(4-2)11-10(13)12-9-6-7-9/h3,5,9H,4,6-7H2,1-2H3,(H,12,13)/b5-3-,11-8?. The average molecular weight is 180 g/mol. The highest BCUT2D eigenvalue weighted by molar-refractivity contribution is 6.01. The fraction of sp³-hybridized carbons (Fsp3) is 0.600. The molecule has 1 aliphatic carbocycles. The summed E-state index contributed by atoms with van der Waals surface area (Å²) < 4.78 is 0. The van der Waals surface area contributed by atoms with Crippen molar-refractivity contribution in [3.05, 3.63) is 12.2 Å². The van der Waals surface area contributed by atoms with Crippen LogP contribution in [-0.2, 0) is 0 Å². The van der Waals surface area contributed by atoms with Crippen molar-refractivity contribution in [1.29, 1.82) is 0 Å². The minimum Gasteiger partial charge on any atom is -0.333 e. The molecular weight excluding hydrogens is 164 g/mol. The minimum atomic E-state index is -0.197. The Morgan fingerprint density at radius 1 is 1.62 bits per heavy atom. The van der Waals surface area contributed by atoms with Crippen LogP contribution >= 0.6 is 0 Å². The smallest absolute Gasteiger partial charge is 0.333 e. The van der Waals surface area contributed by atoms with Crippen LogP contribution in [0.4, 0.5) is 4.79 Å². The third-order valence-electron chi connectivity index (χ3n) is 1.87. The molecule has 0 heterocycles. The van der Waals surface area contributed by atoms with Gasteiger partial charge in [0, 0.05) is 11.8 Å². The minimum absolute atomic E-state index is 0.197. The highest BCUT2D eigenvalue weighted by Gasteiger charge is 2.22. The number of amides is 2. The van der Waals surface area contributed by atoms with Crippen molar-refractivity contribution in [1.82, 2.24) is 5.32 Å². The molecular formula is C10H16N2O. The van der Waals surface area contributed by atoms with Gasteiger partial charge in [-0.15, -0.1) is 0 Å². The Bertz CT molecular complexity index is 239. The SMILES string of the molecule is C/C=C\C(CC)=NC(=O)NC1CC1. The predicted molar refractivity (Wildman–Crippen MR) is 54.1 cm³/mol. The Kier molecular flexibility index (Phi) is 3.68. The molecule has 0 aromatic carbocycles. The molecule has 0 aliphatic heterocycles. The van der Waals surface area contributed by atoms with E-state index >= 15 is 0 Å². The lowest BCUT2D eigenvalue weighted by molar-refractivity contribution is 0.249. The third-order valence-corrected chi connectivity index (χ3v) is 1.87. The van der Waals surface area contributed by atoms with Gasteiger partial charge in [0.05, 0.1) is 0 Å². The Hall–Kier alpha value is -1.12. The van der Waals surface area contributed by atoms with Gasteiger partial charge in [0.2, 0.25) is 0 Å². The van der Waals surface area contributed by atoms with Gasteiger partial charge in [-0.3, -0.25) is 0 Å². The van der Waals surface area contributed by atoms with Gasteiger partial charge >= 0.3 is 6.03 Å². The predicted octanol–water partition coefficient (Wildman–Crippen LogP) is 2.29. The number of aliphatic imine (C=N–C) groups is 1. The van der Waals surface area contributed by atoms with E-state index in [1.807, 2.05) is 26.0 Å². The number of rotatable bonds is 3. The molecule has 3 heteroatoms. The monoisotopic (exact) mass is 180 g/mol. The molecule has 0 atom stereocenters. The zero-order valence-corrected chi connectivity index (χ0v) is 8.21. The van der Waals surface area contributed by atoms with Gasteiger partial charge in [-0.1, -0.05) is 13.0 Å². The van der Waals surface area contributed by atoms with E-state index in [2.05, 4.69) is 10.3 Å². The molecule has 0 aromatic rings. The number of nitrogens with one attached hydrogen (secondary N) is 1. The Morgan fingerprint density at radius 2 is 2.31 bits per heavy atom. The van der Waals surface area contributed by atoms with E-state index in [1.165, 1.54) is 0 Å². The summed E-state index contributed by atoms with van der Waals surface area (Å²) in [6.07, 6.45) is 6.76. The Morgan fingerprint density at radius 3 is 2.77 bits per heavy atom. The molecule has 0 bridgehead atoms. The average Bonchev–Trinajstić information content (AvgIpc) is 2.87. The second kappa shape index (κ2) is 4.80. The number of urea groups is 1. The largest absolute Gasteiger partial charge is 0.341 e. The number of carbonyl (C=O) groups excluding carboxylic acids is 1. The summed E-state index contributed by atoms with van der Waals surface area (Å²) in [6.45, 7) is 3.91. The second-order valence-electron chi connectivity index (χ2n) is 3.18. The normalized spacial score (nSPS) is 17.8. The van der Waals surface area contributed by atoms with E-state index in [1.54, 1.807) is 0 Å². The van der Waals surface area contributed by atoms with Gasteiger partial charge in [0.1, 0.15) is 0 Å². The lowest BCUT2D eigenvalue weighted by Crippen LogP contribution is -2.22. The molecule has 1 aliphatic rings. The lowest BCUT2D eigenvalue weighted by Gasteiger charge is -1.98. The highest BCUT2D eigenvalue weighted by Crippen LogP contribution is 2.18. The Labute approximate surface area is 78.9 Å². The van der Waals surface area contributed by atoms with Crippen LogP contribution in [0.1, 0.15) is 33.1 Å². The van der Waals surface area contributed by atoms with E-state index in [4.69, 9.17) is 0 Å². The van der Waals surface area contributed by atoms with Crippen LogP contribution in [0.2, 0.25) is 0 Å². The number of carbonyl (C=O) groups is 1. The highest BCUT2D eigenvalue weighted by atomic mass is 16.2. The van der Waals surface area contributed by atoms with Gasteiger partial charge in [-0.05, 0) is 32.3 Å². The van der Waals surface area contributed by atoms with Crippen LogP contribution in [0.15, 0.2) is 17.1 Å². The quantitative estimate of drug-likeness (QED) is 0.665. The number of hydrogen-bond acceptors (Lipinski definition) is 1. The first-order valence-electron chi connectivity index (χ1n) is 4.77. The zero-order valence-electron chi connectivity index (χ0n) is 8.21. The molecule has 1 N–H and O–H groups in total. The van der Waals surface area contributed by atoms with Crippen LogP contribution in [0, 0.1) is 0 Å². The molecule has 1 rings (SSSR count). The molecule has 0 radical (unpaired) electrons. The maximum atomic E-state index is 11.2. The van der Waals surface area contributed by atoms with Gasteiger partial charge in [-0.2, -0.15) is 4.99 Å². The van der Waals surface area contributed by atoms with Gasteiger partial charge in [0.25, 0.3) is 0 Å². The molecule has 0 aromatic heterocycles. The van der Waals surface area contributed by atoms with Crippen LogP contribution in [-0.4, -0.2) is 17.8 Å². The maximum Gasteiger partial charge on any atom is 0.341 e. The molecule has 1 saturated carbocycles. The van der Waals surface area contributed by atoms with Crippen molar-refractivity contribution in [3.63, 3.8) is 0 Å². The first-order chi connectivity index (χ1) is 6.26. The fourth-order valence-corrected chi connectivity index (χ4v) is 0.992. The zero-order chi connectivity index (χ0) is 9.68. The van der Waals surface area contributed by atoms with Crippen molar-refractivity contribution in [2.24, 2.45) is 4.99 Å². The van der Waals surface area contributed by atoms with Crippen LogP contribution in [0.3, 0.4) is 0 Å². The number of nitrogens with zero attached hydrogens (tertiary/aromatic N) is 1. The molecule has 72 valence electrons. The first kappa shape index (κ1) is 9.96. The topological polar surface area (TPSA) is 41.5 Å². The summed E-state index contributed by atoms with van der Waals surface area (Å²) in [7, 11) is 0. The summed E-state index contributed by atoms with van der Waals surface area (Å²) in [5.41, 5.74) is 0.834. The fourth-order valence-electron chi connectivity index (χ4n) is 0.992. The lowest BCUT2D eigenvalue weighted by atomic mass is 10.3. The molecule has 0 spiro atoms. The van der Waals surface area contributed by atoms with Gasteiger partial charge < -0.3 is 5.32 Å². The Balaban J connectivity index is 2.43. The molecule has 13 heavy (non-hydrogen) atoms. The van der Waals surface area contributed by atoms with E-state index < -0.39 is 0 Å². The van der Waals surface area contributed by atoms with Crippen molar-refractivity contribution in [3.8, 4) is 0 Å². The summed E-state index contributed by atoms with van der Waals surface area (Å²) in [5, 5.41) is 2.82. The van der Waals surface area contributed by atoms with Crippen molar-refractivity contribution in [2.75, 3.05) is 0 Å². The van der Waals surface area contributed by atoms with E-state index in [0.717, 1.165) is 25.0 Å². The summed E-state index contributed by atoms with van der Waals surface area (Å²) in [5.74, 6) is 0. The van der Waals surface area contributed by atoms with Crippen molar-refractivity contribution < 1.29 is 4.79 Å². The third kappa shape index (κ3) is 3.87. The number of hydrogen-bond donors (Lipinski definition) is 1. The van der Waals surface area contributed by atoms with Crippen molar-refractivity contribution in [2.45, 2.75) is 39.2 Å². The van der Waals surface area contributed by atoms with Crippen molar-refractivity contribution >= 4 is 11.7 Å². The van der Waals surface area contributed by atoms with Gasteiger partial charge in [-0.25, -0.2) is 4.79 Å². The summed E-state index contributed by atoms with van der Waals surface area (Å²) in [4.78, 5) is 15.1. The van der Waals surface area contributed by atoms with Gasteiger partial charge in [0.15, 0.2) is 0 Å². The number of allylic oxidation sites excluding steroid dienone is 2. The van der Waals surface area contributed by atoms with E-state index in [9.17, 15) is 4.79 Å². The molecule has 0 unspecified atom stereocenters. The second-order valence-corrected chi connectivity index (χ2v) is 3.18. The maximum absolute atomic E-state index is 11.2. The molecule has 2 amide bonds. The molecule has 1 fully saturated rings. The summed E-state index contributed by atoms with van der Waals surface area (Å²) in [6, 6.07) is 0.192. The molecule has 3 nitrogen and oxygen atoms in total. The van der Waals surface area contributed by atoms with E-state index in [-0.39, 0.29) is 6.03 Å². The van der Waals surface area contributed by atoms with Crippen LogP contribution < -0.4 is 5.32 Å². The van der Waals surface area contributed by atoms with Crippen LogP contribution in [0.5, 0.6) is 0 Å². The van der Waals surface area contributed by atoms with E-state index in [0.29, 0.717) is 6.04 Å². The first-order valence-corrected chi connectivity index (χ1v) is 4.77.